The maximum atomic E-state index is 2.12. The van der Waals surface area contributed by atoms with E-state index in [1.165, 1.54) is 10.6 Å². The molecule has 1 heterocycles. The van der Waals surface area contributed by atoms with E-state index in [0.717, 1.165) is 0 Å². The number of rotatable bonds is 0. The van der Waals surface area contributed by atoms with Crippen LogP contribution in [0.4, 0.5) is 0 Å². The number of hydrogen-bond donors (Lipinski definition) is 0. The van der Waals surface area contributed by atoms with Crippen LogP contribution in [0.5, 0.6) is 0 Å². The van der Waals surface area contributed by atoms with E-state index in [1.807, 2.05) is 0 Å². The molecule has 2 rings (SSSR count). The third kappa shape index (κ3) is 0.963. The van der Waals surface area contributed by atoms with E-state index in [1.54, 1.807) is 0 Å². The molecule has 2 aromatic rings. The summed E-state index contributed by atoms with van der Waals surface area (Å²) < 4.78 is 0. The Morgan fingerprint density at radius 1 is 1.00 bits per heavy atom. The van der Waals surface area contributed by atoms with Crippen molar-refractivity contribution in [1.82, 2.24) is 0 Å². The van der Waals surface area contributed by atoms with Crippen molar-refractivity contribution in [2.24, 2.45) is 0 Å². The van der Waals surface area contributed by atoms with Gasteiger partial charge < -0.3 is 0 Å². The van der Waals surface area contributed by atoms with Crippen LogP contribution in [-0.2, 0) is 0 Å². The standard InChI is InChI=1S/C7H5B3/c1-2-4-7-6(3-1)8-5-9-10-7/h1-5H. The van der Waals surface area contributed by atoms with Gasteiger partial charge in [-0.15, -0.1) is 0 Å². The van der Waals surface area contributed by atoms with Gasteiger partial charge in [-0.1, -0.05) is 0 Å². The Labute approximate surface area is 61.9 Å². The Morgan fingerprint density at radius 2 is 1.80 bits per heavy atom. The summed E-state index contributed by atoms with van der Waals surface area (Å²) in [5, 5.41) is 2.62. The molecule has 1 aromatic heterocycles. The number of hydrogen-bond acceptors (Lipinski definition) is 0. The maximum absolute atomic E-state index is 2.12. The fraction of sp³-hybridized carbons (Fsp3) is 0. The summed E-state index contributed by atoms with van der Waals surface area (Å²) >= 11 is 0. The molecule has 0 radical (unpaired) electrons. The Hall–Kier alpha value is -0.715. The van der Waals surface area contributed by atoms with Gasteiger partial charge in [0.2, 0.25) is 0 Å². The van der Waals surface area contributed by atoms with Gasteiger partial charge >= 0.3 is 61.2 Å². The van der Waals surface area contributed by atoms with Gasteiger partial charge in [0.15, 0.2) is 0 Å². The van der Waals surface area contributed by atoms with Gasteiger partial charge in [-0.2, -0.15) is 0 Å². The molecule has 0 fully saturated rings. The third-order valence-electron chi connectivity index (χ3n) is 1.66. The van der Waals surface area contributed by atoms with Crippen LogP contribution in [0.25, 0.3) is 10.6 Å². The summed E-state index contributed by atoms with van der Waals surface area (Å²) in [6.07, 6.45) is 0. The Morgan fingerprint density at radius 3 is 2.60 bits per heavy atom. The van der Waals surface area contributed by atoms with Gasteiger partial charge in [0, 0.05) is 0 Å². The minimum absolute atomic E-state index is 1.31. The molecule has 1 aromatic carbocycles. The first-order chi connectivity index (χ1) is 4.97. The normalized spacial score (nSPS) is 8.80. The minimum atomic E-state index is 1.31. The van der Waals surface area contributed by atoms with Crippen LogP contribution in [0.2, 0.25) is 0 Å². The molecule has 0 aliphatic carbocycles. The SMILES string of the molecule is b1bc2ccccc2bc1. The summed E-state index contributed by atoms with van der Waals surface area (Å²) in [4.78, 5) is 0. The Bertz CT molecular complexity index is 280. The van der Waals surface area contributed by atoms with Crippen molar-refractivity contribution in [1.29, 1.82) is 0 Å². The first-order valence-corrected chi connectivity index (χ1v) is 3.40. The van der Waals surface area contributed by atoms with E-state index >= 15 is 0 Å². The molecule has 0 nitrogen and oxygen atoms in total. The van der Waals surface area contributed by atoms with Crippen molar-refractivity contribution in [3.8, 4) is 0 Å². The average Bonchev–Trinajstić information content (AvgIpc) is 2.05. The molecule has 0 bridgehead atoms. The van der Waals surface area contributed by atoms with Crippen LogP contribution in [0.3, 0.4) is 0 Å². The quantitative estimate of drug-likeness (QED) is 0.485. The molecule has 0 amide bonds. The van der Waals surface area contributed by atoms with Gasteiger partial charge in [-0.05, 0) is 0 Å². The van der Waals surface area contributed by atoms with Gasteiger partial charge in [-0.3, -0.25) is 0 Å². The summed E-state index contributed by atoms with van der Waals surface area (Å²) in [6, 6.07) is 8.36. The number of benzene rings is 1. The molecular weight excluding hydrogens is 117 g/mol. The topological polar surface area (TPSA) is 0 Å². The van der Waals surface area contributed by atoms with Crippen molar-refractivity contribution >= 4 is 31.1 Å². The van der Waals surface area contributed by atoms with Crippen molar-refractivity contribution in [3.63, 3.8) is 0 Å². The molecule has 0 N–H and O–H groups in total. The number of fused-ring (bicyclic) bond motifs is 1. The zero-order valence-corrected chi connectivity index (χ0v) is 5.62. The van der Waals surface area contributed by atoms with Crippen molar-refractivity contribution < 1.29 is 0 Å². The Kier molecular flexibility index (Phi) is 1.50. The Balaban J connectivity index is 2.89. The summed E-state index contributed by atoms with van der Waals surface area (Å²) in [5.74, 6) is 2.06. The molecule has 42 valence electrons. The van der Waals surface area contributed by atoms with Crippen LogP contribution in [0, 0.1) is 0 Å². The van der Waals surface area contributed by atoms with E-state index in [4.69, 9.17) is 0 Å². The van der Waals surface area contributed by atoms with Crippen molar-refractivity contribution in [3.05, 3.63) is 30.1 Å². The first-order valence-electron chi connectivity index (χ1n) is 3.40. The summed E-state index contributed by atoms with van der Waals surface area (Å²) in [7, 11) is 0. The average molecular weight is 122 g/mol. The predicted octanol–water partition coefficient (Wildman–Crippen LogP) is 0.854. The van der Waals surface area contributed by atoms with Crippen LogP contribution in [-0.4, -0.2) is 20.5 Å². The van der Waals surface area contributed by atoms with Crippen LogP contribution in [0.1, 0.15) is 0 Å². The molecular formula is C7H5B3. The predicted molar refractivity (Wildman–Crippen MR) is 48.0 cm³/mol. The van der Waals surface area contributed by atoms with E-state index in [0.29, 0.717) is 0 Å². The molecule has 10 heavy (non-hydrogen) atoms. The third-order valence-corrected chi connectivity index (χ3v) is 1.66. The van der Waals surface area contributed by atoms with E-state index in [-0.39, 0.29) is 0 Å². The van der Waals surface area contributed by atoms with Crippen LogP contribution in [0.15, 0.2) is 30.1 Å². The molecule has 0 unspecified atom stereocenters. The second-order valence-electron chi connectivity index (χ2n) is 2.35. The van der Waals surface area contributed by atoms with Crippen molar-refractivity contribution in [2.45, 2.75) is 0 Å². The van der Waals surface area contributed by atoms with Crippen LogP contribution >= 0.6 is 0 Å². The molecule has 0 atom stereocenters. The fourth-order valence-electron chi connectivity index (χ4n) is 1.13. The van der Waals surface area contributed by atoms with E-state index < -0.39 is 0 Å². The molecule has 0 aliphatic heterocycles. The van der Waals surface area contributed by atoms with E-state index in [9.17, 15) is 0 Å². The summed E-state index contributed by atoms with van der Waals surface area (Å²) in [6.45, 7) is 6.30. The molecule has 0 saturated carbocycles. The van der Waals surface area contributed by atoms with E-state index in [2.05, 4.69) is 50.6 Å². The van der Waals surface area contributed by atoms with Gasteiger partial charge in [-0.25, -0.2) is 0 Å². The molecule has 0 saturated heterocycles. The zero-order valence-electron chi connectivity index (χ0n) is 5.62. The summed E-state index contributed by atoms with van der Waals surface area (Å²) in [5.41, 5.74) is 0. The van der Waals surface area contributed by atoms with Gasteiger partial charge in [0.1, 0.15) is 0 Å². The van der Waals surface area contributed by atoms with Gasteiger partial charge in [0.25, 0.3) is 0 Å². The van der Waals surface area contributed by atoms with Crippen molar-refractivity contribution in [2.75, 3.05) is 0 Å². The zero-order chi connectivity index (χ0) is 6.81. The molecule has 0 spiro atoms. The van der Waals surface area contributed by atoms with Crippen LogP contribution < -0.4 is 0 Å². The molecule has 3 heteroatoms. The monoisotopic (exact) mass is 122 g/mol. The van der Waals surface area contributed by atoms with Gasteiger partial charge in [0.05, 0.1) is 0 Å². The second kappa shape index (κ2) is 2.49. The first kappa shape index (κ1) is 6.02. The second-order valence-corrected chi connectivity index (χ2v) is 2.35. The fourth-order valence-corrected chi connectivity index (χ4v) is 1.13. The molecule has 0 aliphatic rings.